The highest BCUT2D eigenvalue weighted by Crippen LogP contribution is 2.25. The van der Waals surface area contributed by atoms with E-state index in [-0.39, 0.29) is 0 Å². The molecule has 2 N–H and O–H groups in total. The minimum absolute atomic E-state index is 0.292. The van der Waals surface area contributed by atoms with E-state index in [9.17, 15) is 9.59 Å². The Morgan fingerprint density at radius 3 is 2.17 bits per heavy atom. The second-order valence-corrected chi connectivity index (χ2v) is 5.18. The van der Waals surface area contributed by atoms with Crippen molar-refractivity contribution < 1.29 is 24.5 Å². The first-order chi connectivity index (χ1) is 10.9. The van der Waals surface area contributed by atoms with Gasteiger partial charge in [-0.1, -0.05) is 31.2 Å². The fraction of sp³-hybridized carbons (Fsp3) is 0.333. The van der Waals surface area contributed by atoms with E-state index < -0.39 is 17.9 Å². The Balaban J connectivity index is 0.000000379. The van der Waals surface area contributed by atoms with Crippen molar-refractivity contribution in [1.29, 1.82) is 0 Å². The van der Waals surface area contributed by atoms with E-state index in [1.165, 1.54) is 0 Å². The third kappa shape index (κ3) is 5.62. The average Bonchev–Trinajstić information content (AvgIpc) is 2.53. The van der Waals surface area contributed by atoms with Crippen molar-refractivity contribution in [2.45, 2.75) is 32.6 Å². The van der Waals surface area contributed by atoms with Gasteiger partial charge >= 0.3 is 11.9 Å². The summed E-state index contributed by atoms with van der Waals surface area (Å²) < 4.78 is 5.14. The van der Waals surface area contributed by atoms with Crippen molar-refractivity contribution in [3.05, 3.63) is 42.0 Å². The number of rotatable bonds is 5. The van der Waals surface area contributed by atoms with Crippen molar-refractivity contribution in [3.63, 3.8) is 0 Å². The number of aliphatic carboxylic acids is 2. The average molecular weight is 318 g/mol. The summed E-state index contributed by atoms with van der Waals surface area (Å²) in [4.78, 5) is 20.5. The predicted octanol–water partition coefficient (Wildman–Crippen LogP) is 3.91. The molecule has 0 fully saturated rings. The molecule has 124 valence electrons. The van der Waals surface area contributed by atoms with Crippen LogP contribution in [0.25, 0.3) is 10.8 Å². The maximum absolute atomic E-state index is 10.9. The molecule has 0 aromatic heterocycles. The molecule has 23 heavy (non-hydrogen) atoms. The SMILES string of the molecule is CCCC(=O)O.COc1ccc2cc([C@H](C)C(=O)O)ccc2c1. The largest absolute Gasteiger partial charge is 0.497 e. The summed E-state index contributed by atoms with van der Waals surface area (Å²) >= 11 is 0. The zero-order valence-corrected chi connectivity index (χ0v) is 13.6. The number of hydrogen-bond donors (Lipinski definition) is 2. The molecule has 0 bridgehead atoms. The fourth-order valence-electron chi connectivity index (χ4n) is 2.00. The van der Waals surface area contributed by atoms with Crippen LogP contribution in [0.5, 0.6) is 5.75 Å². The van der Waals surface area contributed by atoms with Gasteiger partial charge in [0.2, 0.25) is 0 Å². The van der Waals surface area contributed by atoms with Crippen LogP contribution >= 0.6 is 0 Å². The molecule has 0 aliphatic rings. The van der Waals surface area contributed by atoms with E-state index in [1.807, 2.05) is 43.3 Å². The Morgan fingerprint density at radius 1 is 1.09 bits per heavy atom. The summed E-state index contributed by atoms with van der Waals surface area (Å²) in [6.45, 7) is 3.53. The van der Waals surface area contributed by atoms with Crippen molar-refractivity contribution in [2.75, 3.05) is 7.11 Å². The van der Waals surface area contributed by atoms with Crippen LogP contribution in [0.4, 0.5) is 0 Å². The van der Waals surface area contributed by atoms with Gasteiger partial charge in [-0.25, -0.2) is 0 Å². The molecule has 0 heterocycles. The lowest BCUT2D eigenvalue weighted by Crippen LogP contribution is -2.06. The Morgan fingerprint density at radius 2 is 1.70 bits per heavy atom. The van der Waals surface area contributed by atoms with E-state index in [0.29, 0.717) is 6.42 Å². The second-order valence-electron chi connectivity index (χ2n) is 5.18. The predicted molar refractivity (Wildman–Crippen MR) is 89.1 cm³/mol. The van der Waals surface area contributed by atoms with E-state index >= 15 is 0 Å². The molecule has 5 heteroatoms. The normalized spacial score (nSPS) is 11.3. The second kappa shape index (κ2) is 8.78. The van der Waals surface area contributed by atoms with Crippen LogP contribution in [0.2, 0.25) is 0 Å². The van der Waals surface area contributed by atoms with Crippen LogP contribution in [0.3, 0.4) is 0 Å². The zero-order valence-electron chi connectivity index (χ0n) is 13.6. The molecule has 0 radical (unpaired) electrons. The summed E-state index contributed by atoms with van der Waals surface area (Å²) in [5.41, 5.74) is 0.815. The number of methoxy groups -OCH3 is 1. The van der Waals surface area contributed by atoms with Gasteiger partial charge in [-0.05, 0) is 41.8 Å². The Hall–Kier alpha value is -2.56. The first-order valence-corrected chi connectivity index (χ1v) is 7.41. The molecule has 0 saturated carbocycles. The van der Waals surface area contributed by atoms with Crippen LogP contribution in [0.15, 0.2) is 36.4 Å². The highest BCUT2D eigenvalue weighted by Gasteiger charge is 2.13. The quantitative estimate of drug-likeness (QED) is 0.873. The maximum atomic E-state index is 10.9. The minimum Gasteiger partial charge on any atom is -0.497 e. The molecule has 0 saturated heterocycles. The third-order valence-corrected chi connectivity index (χ3v) is 3.41. The number of carboxylic acid groups (broad SMARTS) is 2. The van der Waals surface area contributed by atoms with Gasteiger partial charge in [0.1, 0.15) is 5.75 Å². The fourth-order valence-corrected chi connectivity index (χ4v) is 2.00. The highest BCUT2D eigenvalue weighted by atomic mass is 16.5. The Kier molecular flexibility index (Phi) is 7.06. The number of benzene rings is 2. The van der Waals surface area contributed by atoms with Crippen LogP contribution in [0.1, 0.15) is 38.2 Å². The van der Waals surface area contributed by atoms with Crippen LogP contribution < -0.4 is 4.74 Å². The van der Waals surface area contributed by atoms with E-state index in [4.69, 9.17) is 14.9 Å². The lowest BCUT2D eigenvalue weighted by atomic mass is 9.98. The molecule has 5 nitrogen and oxygen atoms in total. The molecule has 2 aromatic rings. The van der Waals surface area contributed by atoms with Gasteiger partial charge in [-0.15, -0.1) is 0 Å². The number of fused-ring (bicyclic) bond motifs is 1. The molecule has 0 aliphatic heterocycles. The summed E-state index contributed by atoms with van der Waals surface area (Å²) in [5, 5.41) is 19.0. The van der Waals surface area contributed by atoms with Crippen LogP contribution in [-0.2, 0) is 9.59 Å². The van der Waals surface area contributed by atoms with Gasteiger partial charge in [0.25, 0.3) is 0 Å². The molecule has 0 spiro atoms. The Bertz CT molecular complexity index is 678. The molecule has 2 rings (SSSR count). The zero-order chi connectivity index (χ0) is 17.4. The van der Waals surface area contributed by atoms with Gasteiger partial charge < -0.3 is 14.9 Å². The van der Waals surface area contributed by atoms with Gasteiger partial charge in [-0.2, -0.15) is 0 Å². The van der Waals surface area contributed by atoms with Crippen molar-refractivity contribution in [3.8, 4) is 5.75 Å². The monoisotopic (exact) mass is 318 g/mol. The number of hydrogen-bond acceptors (Lipinski definition) is 3. The first-order valence-electron chi connectivity index (χ1n) is 7.41. The van der Waals surface area contributed by atoms with E-state index in [0.717, 1.165) is 28.5 Å². The van der Waals surface area contributed by atoms with Crippen molar-refractivity contribution in [1.82, 2.24) is 0 Å². The van der Waals surface area contributed by atoms with Gasteiger partial charge in [0, 0.05) is 6.42 Å². The number of ether oxygens (including phenoxy) is 1. The highest BCUT2D eigenvalue weighted by molar-refractivity contribution is 5.86. The molecule has 0 aliphatic carbocycles. The Labute approximate surface area is 135 Å². The smallest absolute Gasteiger partial charge is 0.310 e. The summed E-state index contributed by atoms with van der Waals surface area (Å²) in [6, 6.07) is 11.4. The standard InChI is InChI=1S/C14H14O3.C4H8O2/c1-9(14(15)16)10-3-4-12-8-13(17-2)6-5-11(12)7-10;1-2-3-4(5)6/h3-9H,1-2H3,(H,15,16);2-3H2,1H3,(H,5,6)/t9-;/m0./s1. The van der Waals surface area contributed by atoms with E-state index in [1.54, 1.807) is 14.0 Å². The summed E-state index contributed by atoms with van der Waals surface area (Å²) in [6.07, 6.45) is 1.02. The minimum atomic E-state index is -0.808. The third-order valence-electron chi connectivity index (χ3n) is 3.41. The molecular weight excluding hydrogens is 296 g/mol. The van der Waals surface area contributed by atoms with E-state index in [2.05, 4.69) is 0 Å². The number of carbonyl (C=O) groups is 2. The topological polar surface area (TPSA) is 83.8 Å². The van der Waals surface area contributed by atoms with Crippen LogP contribution in [-0.4, -0.2) is 29.3 Å². The van der Waals surface area contributed by atoms with Crippen molar-refractivity contribution >= 4 is 22.7 Å². The molecule has 0 amide bonds. The van der Waals surface area contributed by atoms with Gasteiger partial charge in [-0.3, -0.25) is 9.59 Å². The van der Waals surface area contributed by atoms with Crippen LogP contribution in [0, 0.1) is 0 Å². The number of carboxylic acids is 2. The molecule has 1 atom stereocenters. The molecule has 2 aromatic carbocycles. The van der Waals surface area contributed by atoms with Gasteiger partial charge in [0.05, 0.1) is 13.0 Å². The molecule has 0 unspecified atom stereocenters. The lowest BCUT2D eigenvalue weighted by molar-refractivity contribution is -0.138. The van der Waals surface area contributed by atoms with Crippen molar-refractivity contribution in [2.24, 2.45) is 0 Å². The first kappa shape index (κ1) is 18.5. The summed E-state index contributed by atoms with van der Waals surface area (Å²) in [5.74, 6) is -1.20. The van der Waals surface area contributed by atoms with Gasteiger partial charge in [0.15, 0.2) is 0 Å². The maximum Gasteiger partial charge on any atom is 0.310 e. The molecular formula is C18H22O5. The summed E-state index contributed by atoms with van der Waals surface area (Å²) in [7, 11) is 1.63. The lowest BCUT2D eigenvalue weighted by Gasteiger charge is -2.08.